The van der Waals surface area contributed by atoms with E-state index < -0.39 is 0 Å². The molecule has 26 heavy (non-hydrogen) atoms. The average molecular weight is 345 g/mol. The largest absolute Gasteiger partial charge is 0.338 e. The Bertz CT molecular complexity index is 885. The molecule has 3 aromatic rings. The fourth-order valence-electron chi connectivity index (χ4n) is 3.31. The molecule has 0 radical (unpaired) electrons. The van der Waals surface area contributed by atoms with Crippen molar-refractivity contribution in [3.8, 4) is 11.4 Å². The molecule has 4 heterocycles. The highest BCUT2D eigenvalue weighted by Crippen LogP contribution is 2.27. The quantitative estimate of drug-likeness (QED) is 0.730. The number of nitrogens with zero attached hydrogens (tertiary/aromatic N) is 5. The number of likely N-dealkylation sites (tertiary alicyclic amines) is 1. The Morgan fingerprint density at radius 1 is 1.04 bits per heavy atom. The highest BCUT2D eigenvalue weighted by atomic mass is 16.2. The first-order valence-electron chi connectivity index (χ1n) is 8.74. The van der Waals surface area contributed by atoms with Gasteiger partial charge in [-0.3, -0.25) is 14.8 Å². The standard InChI is InChI=1S/C20H19N5O/c26-20(15-5-9-21-10-6-15)25-12-2-4-17(14-25)18-7-11-23-19(24-18)16-3-1-8-22-13-16/h1,3,5-11,13,17H,2,4,12,14H2/t17-/m1/s1. The fourth-order valence-corrected chi connectivity index (χ4v) is 3.31. The summed E-state index contributed by atoms with van der Waals surface area (Å²) in [7, 11) is 0. The Kier molecular flexibility index (Phi) is 4.64. The molecule has 6 nitrogen and oxygen atoms in total. The molecule has 6 heteroatoms. The van der Waals surface area contributed by atoms with Crippen LogP contribution in [0.25, 0.3) is 11.4 Å². The van der Waals surface area contributed by atoms with Gasteiger partial charge < -0.3 is 4.90 Å². The molecule has 0 unspecified atom stereocenters. The van der Waals surface area contributed by atoms with Crippen LogP contribution in [0.4, 0.5) is 0 Å². The molecule has 1 fully saturated rings. The SMILES string of the molecule is O=C(c1ccncc1)N1CCC[C@@H](c2ccnc(-c3cccnc3)n2)C1. The van der Waals surface area contributed by atoms with Crippen molar-refractivity contribution in [3.63, 3.8) is 0 Å². The van der Waals surface area contributed by atoms with Gasteiger partial charge >= 0.3 is 0 Å². The number of carbonyl (C=O) groups is 1. The van der Waals surface area contributed by atoms with Crippen molar-refractivity contribution in [2.24, 2.45) is 0 Å². The Morgan fingerprint density at radius 3 is 2.73 bits per heavy atom. The molecule has 0 spiro atoms. The third kappa shape index (κ3) is 3.44. The molecule has 0 saturated carbocycles. The smallest absolute Gasteiger partial charge is 0.253 e. The maximum atomic E-state index is 12.7. The van der Waals surface area contributed by atoms with Crippen molar-refractivity contribution in [1.82, 2.24) is 24.8 Å². The Balaban J connectivity index is 1.54. The second-order valence-electron chi connectivity index (χ2n) is 6.37. The lowest BCUT2D eigenvalue weighted by Crippen LogP contribution is -2.39. The van der Waals surface area contributed by atoms with E-state index in [9.17, 15) is 4.79 Å². The van der Waals surface area contributed by atoms with E-state index in [4.69, 9.17) is 4.98 Å². The van der Waals surface area contributed by atoms with E-state index in [-0.39, 0.29) is 11.8 Å². The molecule has 0 aromatic carbocycles. The minimum Gasteiger partial charge on any atom is -0.338 e. The van der Waals surface area contributed by atoms with Gasteiger partial charge in [-0.25, -0.2) is 9.97 Å². The molecule has 1 atom stereocenters. The predicted molar refractivity (Wildman–Crippen MR) is 97.4 cm³/mol. The zero-order valence-electron chi connectivity index (χ0n) is 14.3. The van der Waals surface area contributed by atoms with Crippen LogP contribution in [-0.4, -0.2) is 43.8 Å². The van der Waals surface area contributed by atoms with Gasteiger partial charge in [0, 0.05) is 66.8 Å². The lowest BCUT2D eigenvalue weighted by molar-refractivity contribution is 0.0706. The minimum absolute atomic E-state index is 0.0543. The summed E-state index contributed by atoms with van der Waals surface area (Å²) in [6.45, 7) is 1.45. The third-order valence-corrected chi connectivity index (χ3v) is 4.65. The van der Waals surface area contributed by atoms with Gasteiger partial charge in [0.1, 0.15) is 0 Å². The number of carbonyl (C=O) groups excluding carboxylic acids is 1. The number of hydrogen-bond donors (Lipinski definition) is 0. The van der Waals surface area contributed by atoms with E-state index in [0.29, 0.717) is 17.9 Å². The summed E-state index contributed by atoms with van der Waals surface area (Å²) in [5.41, 5.74) is 2.56. The molecule has 4 rings (SSSR count). The Hall–Kier alpha value is -3.15. The summed E-state index contributed by atoms with van der Waals surface area (Å²) in [5, 5.41) is 0. The lowest BCUT2D eigenvalue weighted by atomic mass is 9.94. The average Bonchev–Trinajstić information content (AvgIpc) is 2.75. The van der Waals surface area contributed by atoms with Gasteiger partial charge in [0.15, 0.2) is 5.82 Å². The van der Waals surface area contributed by atoms with Crippen molar-refractivity contribution in [3.05, 3.63) is 72.6 Å². The van der Waals surface area contributed by atoms with E-state index >= 15 is 0 Å². The maximum Gasteiger partial charge on any atom is 0.253 e. The zero-order valence-corrected chi connectivity index (χ0v) is 14.3. The maximum absolute atomic E-state index is 12.7. The Morgan fingerprint density at radius 2 is 1.92 bits per heavy atom. The van der Waals surface area contributed by atoms with Crippen LogP contribution in [-0.2, 0) is 0 Å². The first-order valence-corrected chi connectivity index (χ1v) is 8.74. The monoisotopic (exact) mass is 345 g/mol. The minimum atomic E-state index is 0.0543. The Labute approximate surface area is 152 Å². The van der Waals surface area contributed by atoms with Crippen LogP contribution >= 0.6 is 0 Å². The first kappa shape index (κ1) is 16.3. The number of piperidine rings is 1. The van der Waals surface area contributed by atoms with E-state index in [0.717, 1.165) is 30.6 Å². The van der Waals surface area contributed by atoms with Gasteiger partial charge in [-0.2, -0.15) is 0 Å². The van der Waals surface area contributed by atoms with Crippen LogP contribution in [0.2, 0.25) is 0 Å². The van der Waals surface area contributed by atoms with Crippen LogP contribution < -0.4 is 0 Å². The number of pyridine rings is 2. The predicted octanol–water partition coefficient (Wildman–Crippen LogP) is 2.95. The van der Waals surface area contributed by atoms with Crippen molar-refractivity contribution in [1.29, 1.82) is 0 Å². The van der Waals surface area contributed by atoms with E-state index in [1.165, 1.54) is 0 Å². The van der Waals surface area contributed by atoms with Gasteiger partial charge in [0.05, 0.1) is 0 Å². The molecule has 130 valence electrons. The molecule has 1 aliphatic rings. The van der Waals surface area contributed by atoms with Gasteiger partial charge in [0.2, 0.25) is 0 Å². The second-order valence-corrected chi connectivity index (χ2v) is 6.37. The second kappa shape index (κ2) is 7.39. The summed E-state index contributed by atoms with van der Waals surface area (Å²) >= 11 is 0. The van der Waals surface area contributed by atoms with Crippen LogP contribution in [0.1, 0.15) is 34.8 Å². The molecule has 0 bridgehead atoms. The van der Waals surface area contributed by atoms with E-state index in [1.807, 2.05) is 23.1 Å². The zero-order chi connectivity index (χ0) is 17.8. The molecule has 0 N–H and O–H groups in total. The molecule has 0 aliphatic carbocycles. The molecular weight excluding hydrogens is 326 g/mol. The van der Waals surface area contributed by atoms with E-state index in [1.54, 1.807) is 43.1 Å². The van der Waals surface area contributed by atoms with E-state index in [2.05, 4.69) is 15.0 Å². The first-order chi connectivity index (χ1) is 12.8. The van der Waals surface area contributed by atoms with Crippen LogP contribution in [0, 0.1) is 0 Å². The third-order valence-electron chi connectivity index (χ3n) is 4.65. The highest BCUT2D eigenvalue weighted by molar-refractivity contribution is 5.94. The van der Waals surface area contributed by atoms with Gasteiger partial charge in [-0.05, 0) is 43.2 Å². The van der Waals surface area contributed by atoms with Gasteiger partial charge in [0.25, 0.3) is 5.91 Å². The number of hydrogen-bond acceptors (Lipinski definition) is 5. The van der Waals surface area contributed by atoms with Crippen LogP contribution in [0.15, 0.2) is 61.3 Å². The summed E-state index contributed by atoms with van der Waals surface area (Å²) in [6, 6.07) is 9.30. The van der Waals surface area contributed by atoms with Crippen molar-refractivity contribution >= 4 is 5.91 Å². The molecule has 3 aromatic heterocycles. The van der Waals surface area contributed by atoms with Crippen molar-refractivity contribution < 1.29 is 4.79 Å². The molecule has 1 amide bonds. The summed E-state index contributed by atoms with van der Waals surface area (Å²) < 4.78 is 0. The highest BCUT2D eigenvalue weighted by Gasteiger charge is 2.26. The number of amides is 1. The lowest BCUT2D eigenvalue weighted by Gasteiger charge is -2.32. The van der Waals surface area contributed by atoms with Crippen LogP contribution in [0.5, 0.6) is 0 Å². The van der Waals surface area contributed by atoms with Gasteiger partial charge in [-0.1, -0.05) is 0 Å². The molecule has 1 saturated heterocycles. The van der Waals surface area contributed by atoms with Crippen molar-refractivity contribution in [2.45, 2.75) is 18.8 Å². The molecular formula is C20H19N5O. The number of aromatic nitrogens is 4. The summed E-state index contributed by atoms with van der Waals surface area (Å²) in [6.07, 6.45) is 10.6. The summed E-state index contributed by atoms with van der Waals surface area (Å²) in [4.78, 5) is 31.9. The normalized spacial score (nSPS) is 17.1. The van der Waals surface area contributed by atoms with Crippen LogP contribution in [0.3, 0.4) is 0 Å². The van der Waals surface area contributed by atoms with Crippen molar-refractivity contribution in [2.75, 3.05) is 13.1 Å². The van der Waals surface area contributed by atoms with Gasteiger partial charge in [-0.15, -0.1) is 0 Å². The topological polar surface area (TPSA) is 71.9 Å². The number of rotatable bonds is 3. The fraction of sp³-hybridized carbons (Fsp3) is 0.250. The summed E-state index contributed by atoms with van der Waals surface area (Å²) in [5.74, 6) is 0.944. The molecule has 1 aliphatic heterocycles.